The molecule has 0 amide bonds. The molecule has 2 heterocycles. The second kappa shape index (κ2) is 5.93. The van der Waals surface area contributed by atoms with E-state index >= 15 is 0 Å². The molecule has 0 saturated carbocycles. The van der Waals surface area contributed by atoms with Crippen LogP contribution in [0.2, 0.25) is 0 Å². The molecule has 1 spiro atoms. The van der Waals surface area contributed by atoms with E-state index in [1.54, 1.807) is 0 Å². The number of esters is 1. The zero-order valence-corrected chi connectivity index (χ0v) is 15.7. The highest BCUT2D eigenvalue weighted by atomic mass is 16.8. The fourth-order valence-corrected chi connectivity index (χ4v) is 3.95. The van der Waals surface area contributed by atoms with E-state index in [2.05, 4.69) is 14.1 Å². The van der Waals surface area contributed by atoms with Gasteiger partial charge in [-0.2, -0.15) is 0 Å². The third-order valence-corrected chi connectivity index (χ3v) is 5.74. The number of rotatable bonds is 2. The minimum atomic E-state index is -1.19. The lowest BCUT2D eigenvalue weighted by Gasteiger charge is -2.41. The Bertz CT molecular complexity index is 803. The molecule has 2 aliphatic heterocycles. The zero-order valence-electron chi connectivity index (χ0n) is 15.7. The minimum Gasteiger partial charge on any atom is -0.430 e. The van der Waals surface area contributed by atoms with Gasteiger partial charge in [0.05, 0.1) is 40.0 Å². The first kappa shape index (κ1) is 17.3. The molecule has 2 aliphatic rings. The molecule has 0 aliphatic carbocycles. The third kappa shape index (κ3) is 2.74. The lowest BCUT2D eigenvalue weighted by molar-refractivity contribution is -0.898. The summed E-state index contributed by atoms with van der Waals surface area (Å²) in [6.45, 7) is 3.88. The predicted octanol–water partition coefficient (Wildman–Crippen LogP) is 3.38. The van der Waals surface area contributed by atoms with Crippen LogP contribution < -0.4 is 0 Å². The van der Waals surface area contributed by atoms with E-state index in [0.717, 1.165) is 34.3 Å². The zero-order chi connectivity index (χ0) is 18.4. The van der Waals surface area contributed by atoms with Gasteiger partial charge in [-0.05, 0) is 18.1 Å². The molecule has 4 heteroatoms. The highest BCUT2D eigenvalue weighted by Gasteiger charge is 2.61. The summed E-state index contributed by atoms with van der Waals surface area (Å²) in [4.78, 5) is 13.3. The van der Waals surface area contributed by atoms with E-state index in [1.807, 2.05) is 61.5 Å². The summed E-state index contributed by atoms with van der Waals surface area (Å²) >= 11 is 0. The topological polar surface area (TPSA) is 35.5 Å². The van der Waals surface area contributed by atoms with Crippen molar-refractivity contribution in [3.8, 4) is 0 Å². The maximum atomic E-state index is 13.3. The first-order chi connectivity index (χ1) is 12.4. The average Bonchev–Trinajstić information content (AvgIpc) is 2.93. The van der Waals surface area contributed by atoms with Crippen LogP contribution in [0.25, 0.3) is 0 Å². The van der Waals surface area contributed by atoms with Gasteiger partial charge in [0.25, 0.3) is 0 Å². The second-order valence-electron chi connectivity index (χ2n) is 8.20. The molecule has 0 bridgehead atoms. The molecule has 0 aromatic heterocycles. The van der Waals surface area contributed by atoms with Crippen LogP contribution in [-0.4, -0.2) is 43.4 Å². The Morgan fingerprint density at radius 3 is 2.08 bits per heavy atom. The molecule has 26 heavy (non-hydrogen) atoms. The molecule has 0 N–H and O–H groups in total. The number of piperidine rings is 1. The van der Waals surface area contributed by atoms with Gasteiger partial charge in [-0.15, -0.1) is 0 Å². The molecule has 4 nitrogen and oxygen atoms in total. The van der Waals surface area contributed by atoms with E-state index in [0.29, 0.717) is 12.8 Å². The molecule has 2 fully saturated rings. The summed E-state index contributed by atoms with van der Waals surface area (Å²) in [6, 6.07) is 17.7. The number of hydrogen-bond acceptors (Lipinski definition) is 3. The van der Waals surface area contributed by atoms with Gasteiger partial charge in [-0.25, -0.2) is 4.79 Å². The quantitative estimate of drug-likeness (QED) is 0.614. The number of carbonyl (C=O) groups excluding carboxylic acids is 1. The average molecular weight is 352 g/mol. The molecular formula is C22H26NO3+. The molecule has 2 aromatic carbocycles. The van der Waals surface area contributed by atoms with Crippen LogP contribution in [0.1, 0.15) is 29.5 Å². The van der Waals surface area contributed by atoms with Crippen LogP contribution >= 0.6 is 0 Å². The van der Waals surface area contributed by atoms with Crippen LogP contribution in [0.5, 0.6) is 0 Å². The number of nitrogens with zero attached hydrogens (tertiary/aromatic N) is 1. The van der Waals surface area contributed by atoms with Crippen molar-refractivity contribution in [2.75, 3.05) is 27.2 Å². The Morgan fingerprint density at radius 2 is 1.46 bits per heavy atom. The fraction of sp³-hybridized carbons (Fsp3) is 0.409. The third-order valence-electron chi connectivity index (χ3n) is 5.74. The summed E-state index contributed by atoms with van der Waals surface area (Å²) in [5.74, 6) is -1.13. The van der Waals surface area contributed by atoms with E-state index in [4.69, 9.17) is 9.47 Å². The van der Waals surface area contributed by atoms with Crippen LogP contribution in [0, 0.1) is 6.92 Å². The highest BCUT2D eigenvalue weighted by Crippen LogP contribution is 2.49. The number of carbonyl (C=O) groups is 1. The van der Waals surface area contributed by atoms with Gasteiger partial charge in [-0.3, -0.25) is 0 Å². The summed E-state index contributed by atoms with van der Waals surface area (Å²) < 4.78 is 13.5. The SMILES string of the molecule is Cc1ccc(C2(c3ccccc3)OC3(CC[N+](C)(C)CC3)OC2=O)cc1. The fourth-order valence-electron chi connectivity index (χ4n) is 3.95. The Kier molecular flexibility index (Phi) is 3.94. The van der Waals surface area contributed by atoms with Gasteiger partial charge < -0.3 is 14.0 Å². The monoisotopic (exact) mass is 352 g/mol. The van der Waals surface area contributed by atoms with Gasteiger partial charge in [0, 0.05) is 0 Å². The first-order valence-electron chi connectivity index (χ1n) is 9.24. The van der Waals surface area contributed by atoms with Crippen molar-refractivity contribution in [3.05, 3.63) is 71.3 Å². The number of benzene rings is 2. The predicted molar refractivity (Wildman–Crippen MR) is 99.4 cm³/mol. The Labute approximate surface area is 154 Å². The van der Waals surface area contributed by atoms with Crippen LogP contribution in [0.4, 0.5) is 0 Å². The molecule has 2 saturated heterocycles. The number of quaternary nitrogens is 1. The largest absolute Gasteiger partial charge is 0.430 e. The summed E-state index contributed by atoms with van der Waals surface area (Å²) in [5, 5.41) is 0. The number of hydrogen-bond donors (Lipinski definition) is 0. The lowest BCUT2D eigenvalue weighted by Crippen LogP contribution is -2.53. The lowest BCUT2D eigenvalue weighted by atomic mass is 9.86. The van der Waals surface area contributed by atoms with Gasteiger partial charge >= 0.3 is 5.97 Å². The van der Waals surface area contributed by atoms with Crippen LogP contribution in [0.3, 0.4) is 0 Å². The van der Waals surface area contributed by atoms with E-state index < -0.39 is 11.4 Å². The summed E-state index contributed by atoms with van der Waals surface area (Å²) in [6.07, 6.45) is 1.43. The molecule has 1 unspecified atom stereocenters. The molecule has 1 atom stereocenters. The van der Waals surface area contributed by atoms with Crippen molar-refractivity contribution in [3.63, 3.8) is 0 Å². The molecule has 136 valence electrons. The smallest absolute Gasteiger partial charge is 0.350 e. The number of aryl methyl sites for hydroxylation is 1. The Morgan fingerprint density at radius 1 is 0.885 bits per heavy atom. The standard InChI is InChI=1S/C22H26NO3/c1-17-9-11-19(12-10-17)22(18-7-5-4-6-8-18)20(24)25-21(26-22)13-15-23(2,3)16-14-21/h4-12H,13-16H2,1-3H3/q+1. The maximum absolute atomic E-state index is 13.3. The summed E-state index contributed by atoms with van der Waals surface area (Å²) in [7, 11) is 4.40. The van der Waals surface area contributed by atoms with E-state index in [1.165, 1.54) is 0 Å². The van der Waals surface area contributed by atoms with Gasteiger partial charge in [-0.1, -0.05) is 60.2 Å². The summed E-state index contributed by atoms with van der Waals surface area (Å²) in [5.41, 5.74) is 1.61. The van der Waals surface area contributed by atoms with Crippen molar-refractivity contribution in [2.45, 2.75) is 31.2 Å². The second-order valence-corrected chi connectivity index (χ2v) is 8.20. The van der Waals surface area contributed by atoms with E-state index in [-0.39, 0.29) is 5.97 Å². The van der Waals surface area contributed by atoms with Crippen molar-refractivity contribution in [1.29, 1.82) is 0 Å². The van der Waals surface area contributed by atoms with Crippen molar-refractivity contribution in [2.24, 2.45) is 0 Å². The first-order valence-corrected chi connectivity index (χ1v) is 9.24. The highest BCUT2D eigenvalue weighted by molar-refractivity contribution is 5.87. The molecular weight excluding hydrogens is 326 g/mol. The Balaban J connectivity index is 1.80. The van der Waals surface area contributed by atoms with Crippen LogP contribution in [0.15, 0.2) is 54.6 Å². The van der Waals surface area contributed by atoms with Crippen LogP contribution in [-0.2, 0) is 19.9 Å². The van der Waals surface area contributed by atoms with Crippen molar-refractivity contribution < 1.29 is 18.8 Å². The normalized spacial score (nSPS) is 26.7. The molecule has 0 radical (unpaired) electrons. The van der Waals surface area contributed by atoms with Crippen molar-refractivity contribution >= 4 is 5.97 Å². The number of likely N-dealkylation sites (tertiary alicyclic amines) is 1. The Hall–Kier alpha value is -2.17. The molecule has 4 rings (SSSR count). The van der Waals surface area contributed by atoms with Gasteiger partial charge in [0.1, 0.15) is 0 Å². The van der Waals surface area contributed by atoms with Crippen molar-refractivity contribution in [1.82, 2.24) is 0 Å². The molecule has 2 aromatic rings. The maximum Gasteiger partial charge on any atom is 0.350 e. The van der Waals surface area contributed by atoms with E-state index in [9.17, 15) is 4.79 Å². The van der Waals surface area contributed by atoms with Gasteiger partial charge in [0.15, 0.2) is 0 Å². The number of ether oxygens (including phenoxy) is 2. The minimum absolute atomic E-state index is 0.306. The van der Waals surface area contributed by atoms with Gasteiger partial charge in [0.2, 0.25) is 11.4 Å².